The molecule has 0 aliphatic carbocycles. The SMILES string of the molecule is C=CCc1cc(C(=O)OCC)c[nH]1. The predicted octanol–water partition coefficient (Wildman–Crippen LogP) is 1.92. The van der Waals surface area contributed by atoms with Crippen molar-refractivity contribution in [2.45, 2.75) is 13.3 Å². The summed E-state index contributed by atoms with van der Waals surface area (Å²) in [5.41, 5.74) is 1.54. The van der Waals surface area contributed by atoms with Gasteiger partial charge in [0.05, 0.1) is 12.2 Å². The van der Waals surface area contributed by atoms with Crippen molar-refractivity contribution in [3.05, 3.63) is 36.2 Å². The van der Waals surface area contributed by atoms with Crippen LogP contribution in [0.4, 0.5) is 0 Å². The lowest BCUT2D eigenvalue weighted by Crippen LogP contribution is -2.02. The molecule has 3 heteroatoms. The molecule has 0 bridgehead atoms. The first kappa shape index (κ1) is 9.58. The number of allylic oxidation sites excluding steroid dienone is 1. The van der Waals surface area contributed by atoms with Crippen molar-refractivity contribution in [3.63, 3.8) is 0 Å². The summed E-state index contributed by atoms with van der Waals surface area (Å²) in [5.74, 6) is -0.283. The van der Waals surface area contributed by atoms with E-state index in [1.54, 1.807) is 25.3 Å². The van der Waals surface area contributed by atoms with Crippen LogP contribution in [0.2, 0.25) is 0 Å². The summed E-state index contributed by atoms with van der Waals surface area (Å²) >= 11 is 0. The zero-order valence-corrected chi connectivity index (χ0v) is 7.67. The van der Waals surface area contributed by atoms with E-state index in [2.05, 4.69) is 11.6 Å². The first-order chi connectivity index (χ1) is 6.27. The van der Waals surface area contributed by atoms with E-state index >= 15 is 0 Å². The van der Waals surface area contributed by atoms with Crippen molar-refractivity contribution >= 4 is 5.97 Å². The van der Waals surface area contributed by atoms with Gasteiger partial charge in [0.2, 0.25) is 0 Å². The summed E-state index contributed by atoms with van der Waals surface area (Å²) in [4.78, 5) is 14.2. The molecule has 0 amide bonds. The Morgan fingerprint density at radius 2 is 2.54 bits per heavy atom. The molecular formula is C10H13NO2. The van der Waals surface area contributed by atoms with Crippen LogP contribution in [0, 0.1) is 0 Å². The number of esters is 1. The van der Waals surface area contributed by atoms with E-state index in [-0.39, 0.29) is 5.97 Å². The van der Waals surface area contributed by atoms with Crippen LogP contribution in [0.1, 0.15) is 23.0 Å². The molecule has 1 rings (SSSR count). The molecule has 0 spiro atoms. The van der Waals surface area contributed by atoms with E-state index in [0.29, 0.717) is 12.2 Å². The number of hydrogen-bond acceptors (Lipinski definition) is 2. The van der Waals surface area contributed by atoms with Gasteiger partial charge in [0, 0.05) is 18.3 Å². The van der Waals surface area contributed by atoms with Crippen molar-refractivity contribution in [1.29, 1.82) is 0 Å². The molecular weight excluding hydrogens is 166 g/mol. The largest absolute Gasteiger partial charge is 0.462 e. The summed E-state index contributed by atoms with van der Waals surface area (Å²) in [7, 11) is 0. The number of carbonyl (C=O) groups is 1. The molecule has 0 fully saturated rings. The van der Waals surface area contributed by atoms with Crippen LogP contribution < -0.4 is 0 Å². The summed E-state index contributed by atoms with van der Waals surface area (Å²) < 4.78 is 4.83. The van der Waals surface area contributed by atoms with Gasteiger partial charge in [0.15, 0.2) is 0 Å². The van der Waals surface area contributed by atoms with E-state index in [1.807, 2.05) is 0 Å². The van der Waals surface area contributed by atoms with Crippen molar-refractivity contribution in [1.82, 2.24) is 4.98 Å². The Bertz CT molecular complexity index is 302. The quantitative estimate of drug-likeness (QED) is 0.566. The van der Waals surface area contributed by atoms with Crippen LogP contribution in [-0.4, -0.2) is 17.6 Å². The van der Waals surface area contributed by atoms with Crippen LogP contribution >= 0.6 is 0 Å². The van der Waals surface area contributed by atoms with Gasteiger partial charge in [-0.25, -0.2) is 4.79 Å². The fourth-order valence-corrected chi connectivity index (χ4v) is 1.05. The topological polar surface area (TPSA) is 42.1 Å². The second-order valence-corrected chi connectivity index (χ2v) is 2.63. The summed E-state index contributed by atoms with van der Waals surface area (Å²) in [6, 6.07) is 1.78. The van der Waals surface area contributed by atoms with E-state index < -0.39 is 0 Å². The fraction of sp³-hybridized carbons (Fsp3) is 0.300. The third kappa shape index (κ3) is 2.47. The molecule has 13 heavy (non-hydrogen) atoms. The highest BCUT2D eigenvalue weighted by atomic mass is 16.5. The van der Waals surface area contributed by atoms with Gasteiger partial charge in [0.25, 0.3) is 0 Å². The van der Waals surface area contributed by atoms with Gasteiger partial charge in [-0.2, -0.15) is 0 Å². The Morgan fingerprint density at radius 3 is 3.15 bits per heavy atom. The fourth-order valence-electron chi connectivity index (χ4n) is 1.05. The molecule has 3 nitrogen and oxygen atoms in total. The van der Waals surface area contributed by atoms with E-state index in [4.69, 9.17) is 4.74 Å². The van der Waals surface area contributed by atoms with Crippen molar-refractivity contribution in [2.24, 2.45) is 0 Å². The molecule has 0 aromatic carbocycles. The first-order valence-electron chi connectivity index (χ1n) is 4.23. The molecule has 1 aromatic heterocycles. The third-order valence-corrected chi connectivity index (χ3v) is 1.62. The molecule has 1 aromatic rings. The maximum Gasteiger partial charge on any atom is 0.339 e. The second-order valence-electron chi connectivity index (χ2n) is 2.63. The van der Waals surface area contributed by atoms with Gasteiger partial charge in [0.1, 0.15) is 0 Å². The Morgan fingerprint density at radius 1 is 1.77 bits per heavy atom. The van der Waals surface area contributed by atoms with E-state index in [1.165, 1.54) is 0 Å². The Hall–Kier alpha value is -1.51. The normalized spacial score (nSPS) is 9.62. The van der Waals surface area contributed by atoms with E-state index in [0.717, 1.165) is 12.1 Å². The predicted molar refractivity (Wildman–Crippen MR) is 50.7 cm³/mol. The summed E-state index contributed by atoms with van der Waals surface area (Å²) in [5, 5.41) is 0. The Kier molecular flexibility index (Phi) is 3.31. The van der Waals surface area contributed by atoms with Gasteiger partial charge >= 0.3 is 5.97 Å². The molecule has 0 saturated carbocycles. The number of carbonyl (C=O) groups excluding carboxylic acids is 1. The minimum absolute atomic E-state index is 0.283. The molecule has 1 heterocycles. The van der Waals surface area contributed by atoms with Gasteiger partial charge in [-0.15, -0.1) is 6.58 Å². The molecule has 0 radical (unpaired) electrons. The number of ether oxygens (including phenoxy) is 1. The second kappa shape index (κ2) is 4.50. The van der Waals surface area contributed by atoms with Crippen LogP contribution in [0.5, 0.6) is 0 Å². The van der Waals surface area contributed by atoms with Crippen molar-refractivity contribution in [3.8, 4) is 0 Å². The minimum Gasteiger partial charge on any atom is -0.462 e. The Balaban J connectivity index is 2.67. The maximum absolute atomic E-state index is 11.2. The molecule has 0 aliphatic rings. The zero-order chi connectivity index (χ0) is 9.68. The lowest BCUT2D eigenvalue weighted by molar-refractivity contribution is 0.0526. The van der Waals surface area contributed by atoms with Gasteiger partial charge in [-0.05, 0) is 13.0 Å². The maximum atomic E-state index is 11.2. The highest BCUT2D eigenvalue weighted by Gasteiger charge is 2.07. The molecule has 70 valence electrons. The van der Waals surface area contributed by atoms with E-state index in [9.17, 15) is 4.79 Å². The third-order valence-electron chi connectivity index (χ3n) is 1.62. The molecule has 0 unspecified atom stereocenters. The van der Waals surface area contributed by atoms with Crippen molar-refractivity contribution < 1.29 is 9.53 Å². The number of hydrogen-bond donors (Lipinski definition) is 1. The number of nitrogens with one attached hydrogen (secondary N) is 1. The summed E-state index contributed by atoms with van der Waals surface area (Å²) in [6.45, 7) is 5.80. The summed E-state index contributed by atoms with van der Waals surface area (Å²) in [6.07, 6.45) is 4.16. The molecule has 0 saturated heterocycles. The Labute approximate surface area is 77.4 Å². The highest BCUT2D eigenvalue weighted by Crippen LogP contribution is 2.06. The highest BCUT2D eigenvalue weighted by molar-refractivity contribution is 5.89. The smallest absolute Gasteiger partial charge is 0.339 e. The lowest BCUT2D eigenvalue weighted by atomic mass is 10.2. The number of aromatic amines is 1. The zero-order valence-electron chi connectivity index (χ0n) is 7.67. The first-order valence-corrected chi connectivity index (χ1v) is 4.23. The molecule has 0 atom stereocenters. The molecule has 0 aliphatic heterocycles. The average molecular weight is 179 g/mol. The van der Waals surface area contributed by atoms with Crippen LogP contribution in [-0.2, 0) is 11.2 Å². The van der Waals surface area contributed by atoms with Crippen LogP contribution in [0.3, 0.4) is 0 Å². The van der Waals surface area contributed by atoms with Gasteiger partial charge in [-0.1, -0.05) is 6.08 Å². The number of aromatic nitrogens is 1. The number of rotatable bonds is 4. The van der Waals surface area contributed by atoms with Crippen molar-refractivity contribution in [2.75, 3.05) is 6.61 Å². The minimum atomic E-state index is -0.283. The number of H-pyrrole nitrogens is 1. The average Bonchev–Trinajstić information content (AvgIpc) is 2.54. The standard InChI is InChI=1S/C10H13NO2/c1-3-5-9-6-8(7-11-9)10(12)13-4-2/h3,6-7,11H,1,4-5H2,2H3. The lowest BCUT2D eigenvalue weighted by Gasteiger charge is -1.96. The van der Waals surface area contributed by atoms with Gasteiger partial charge < -0.3 is 9.72 Å². The molecule has 1 N–H and O–H groups in total. The monoisotopic (exact) mass is 179 g/mol. The van der Waals surface area contributed by atoms with Crippen LogP contribution in [0.15, 0.2) is 24.9 Å². The van der Waals surface area contributed by atoms with Gasteiger partial charge in [-0.3, -0.25) is 0 Å². The van der Waals surface area contributed by atoms with Crippen LogP contribution in [0.25, 0.3) is 0 Å².